The minimum Gasteiger partial charge on any atom is -0.222 e. The Balaban J connectivity index is 1.93. The lowest BCUT2D eigenvalue weighted by Crippen LogP contribution is -2.31. The van der Waals surface area contributed by atoms with Gasteiger partial charge in [0.25, 0.3) is 0 Å². The second-order valence-electron chi connectivity index (χ2n) is 6.47. The fraction of sp³-hybridized carbons (Fsp3) is 0.200. The molecule has 0 aliphatic heterocycles. The molecule has 5 nitrogen and oxygen atoms in total. The Morgan fingerprint density at radius 3 is 2.21 bits per heavy atom. The number of nitrogens with one attached hydrogen (secondary N) is 1. The average Bonchev–Trinajstić information content (AvgIpc) is 3.20. The summed E-state index contributed by atoms with van der Waals surface area (Å²) >= 11 is 1.12. The third-order valence-electron chi connectivity index (χ3n) is 4.57. The largest absolute Gasteiger partial charge is 0.240 e. The summed E-state index contributed by atoms with van der Waals surface area (Å²) < 4.78 is 54.4. The van der Waals surface area contributed by atoms with Gasteiger partial charge in [0.15, 0.2) is 9.84 Å². The van der Waals surface area contributed by atoms with Crippen LogP contribution in [0.25, 0.3) is 0 Å². The molecule has 0 saturated heterocycles. The zero-order valence-electron chi connectivity index (χ0n) is 15.5. The van der Waals surface area contributed by atoms with Gasteiger partial charge < -0.3 is 0 Å². The quantitative estimate of drug-likeness (QED) is 0.611. The first kappa shape index (κ1) is 20.7. The highest BCUT2D eigenvalue weighted by Crippen LogP contribution is 2.31. The molecule has 28 heavy (non-hydrogen) atoms. The molecular formula is C20H21NO4S3. The van der Waals surface area contributed by atoms with Crippen molar-refractivity contribution in [3.8, 4) is 0 Å². The molecule has 0 spiro atoms. The van der Waals surface area contributed by atoms with Crippen LogP contribution in [0.5, 0.6) is 0 Å². The van der Waals surface area contributed by atoms with Crippen molar-refractivity contribution in [2.75, 3.05) is 6.54 Å². The predicted octanol–water partition coefficient (Wildman–Crippen LogP) is 3.86. The van der Waals surface area contributed by atoms with Crippen LogP contribution < -0.4 is 4.72 Å². The molecule has 3 rings (SSSR count). The van der Waals surface area contributed by atoms with E-state index < -0.39 is 25.1 Å². The van der Waals surface area contributed by atoms with Crippen molar-refractivity contribution < 1.29 is 16.8 Å². The fourth-order valence-electron chi connectivity index (χ4n) is 2.79. The van der Waals surface area contributed by atoms with Gasteiger partial charge >= 0.3 is 0 Å². The van der Waals surface area contributed by atoms with Gasteiger partial charge in [-0.25, -0.2) is 21.6 Å². The van der Waals surface area contributed by atoms with E-state index in [-0.39, 0.29) is 15.6 Å². The van der Waals surface area contributed by atoms with E-state index in [1.807, 2.05) is 13.8 Å². The number of hydrogen-bond donors (Lipinski definition) is 1. The summed E-state index contributed by atoms with van der Waals surface area (Å²) in [7, 11) is -7.58. The summed E-state index contributed by atoms with van der Waals surface area (Å²) in [5.74, 6) is 0. The Bertz CT molecular complexity index is 1150. The topological polar surface area (TPSA) is 80.3 Å². The van der Waals surface area contributed by atoms with Gasteiger partial charge in [0.05, 0.1) is 4.90 Å². The van der Waals surface area contributed by atoms with Crippen LogP contribution in [0.3, 0.4) is 0 Å². The number of sulfone groups is 1. The van der Waals surface area contributed by atoms with E-state index in [9.17, 15) is 16.8 Å². The molecule has 0 unspecified atom stereocenters. The van der Waals surface area contributed by atoms with E-state index >= 15 is 0 Å². The molecule has 2 aromatic carbocycles. The molecule has 1 heterocycles. The Hall–Kier alpha value is -2.00. The number of sulfonamides is 1. The summed E-state index contributed by atoms with van der Waals surface area (Å²) in [5, 5.41) is 0.669. The highest BCUT2D eigenvalue weighted by molar-refractivity contribution is 7.93. The first-order valence-corrected chi connectivity index (χ1v) is 12.5. The molecule has 0 bridgehead atoms. The van der Waals surface area contributed by atoms with Gasteiger partial charge in [-0.15, -0.1) is 11.3 Å². The van der Waals surface area contributed by atoms with Crippen LogP contribution in [0.4, 0.5) is 0 Å². The van der Waals surface area contributed by atoms with E-state index in [1.165, 1.54) is 12.1 Å². The van der Waals surface area contributed by atoms with Crippen LogP contribution in [-0.2, 0) is 19.9 Å². The number of thiophene rings is 1. The fourth-order valence-corrected chi connectivity index (χ4v) is 6.89. The lowest BCUT2D eigenvalue weighted by Gasteiger charge is -2.18. The minimum atomic E-state index is -3.84. The Morgan fingerprint density at radius 1 is 0.893 bits per heavy atom. The number of benzene rings is 2. The normalized spacial score (nSPS) is 13.4. The molecule has 8 heteroatoms. The maximum Gasteiger partial charge on any atom is 0.240 e. The molecule has 3 aromatic rings. The summed E-state index contributed by atoms with van der Waals surface area (Å²) in [4.78, 5) is 0.121. The Kier molecular flexibility index (Phi) is 6.04. The van der Waals surface area contributed by atoms with Gasteiger partial charge in [-0.05, 0) is 54.1 Å². The first-order chi connectivity index (χ1) is 13.2. The molecule has 0 saturated carbocycles. The van der Waals surface area contributed by atoms with Gasteiger partial charge in [-0.1, -0.05) is 42.5 Å². The van der Waals surface area contributed by atoms with Crippen LogP contribution in [0.2, 0.25) is 0 Å². The number of hydrogen-bond acceptors (Lipinski definition) is 5. The molecular weight excluding hydrogens is 414 g/mol. The van der Waals surface area contributed by atoms with Crippen LogP contribution in [0, 0.1) is 13.8 Å². The second kappa shape index (κ2) is 8.16. The van der Waals surface area contributed by atoms with Crippen molar-refractivity contribution in [2.24, 2.45) is 0 Å². The Labute approximate surface area is 170 Å². The van der Waals surface area contributed by atoms with E-state index in [0.29, 0.717) is 5.56 Å². The molecule has 0 aliphatic carbocycles. The van der Waals surface area contributed by atoms with Gasteiger partial charge in [0, 0.05) is 6.54 Å². The van der Waals surface area contributed by atoms with Gasteiger partial charge in [0.2, 0.25) is 10.0 Å². The first-order valence-electron chi connectivity index (χ1n) is 8.61. The van der Waals surface area contributed by atoms with Gasteiger partial charge in [-0.2, -0.15) is 0 Å². The van der Waals surface area contributed by atoms with E-state index in [1.54, 1.807) is 53.9 Å². The van der Waals surface area contributed by atoms with Gasteiger partial charge in [-0.3, -0.25) is 0 Å². The summed E-state index contributed by atoms with van der Waals surface area (Å²) in [6.07, 6.45) is 0. The summed E-state index contributed by atoms with van der Waals surface area (Å²) in [5.41, 5.74) is 2.38. The van der Waals surface area contributed by atoms with Crippen LogP contribution in [0.15, 0.2) is 75.1 Å². The van der Waals surface area contributed by atoms with E-state index in [4.69, 9.17) is 0 Å². The maximum absolute atomic E-state index is 13.1. The SMILES string of the molecule is Cc1ccc(S(=O)(=O)NC[C@@H](c2ccccc2)S(=O)(=O)c2cccs2)cc1C. The standard InChI is InChI=1S/C20H21NO4S3/c1-15-10-11-18(13-16(15)2)28(24,25)21-14-19(17-7-4-3-5-8-17)27(22,23)20-9-6-12-26-20/h3-13,19,21H,14H2,1-2H3/t19-/m0/s1. The minimum absolute atomic E-state index is 0.121. The molecule has 0 aliphatic rings. The molecule has 1 atom stereocenters. The second-order valence-corrected chi connectivity index (χ2v) is 11.5. The van der Waals surface area contributed by atoms with E-state index in [0.717, 1.165) is 22.5 Å². The number of aryl methyl sites for hydroxylation is 2. The van der Waals surface area contributed by atoms with Crippen molar-refractivity contribution in [3.05, 3.63) is 82.7 Å². The molecule has 0 fully saturated rings. The Morgan fingerprint density at radius 2 is 1.61 bits per heavy atom. The summed E-state index contributed by atoms with van der Waals surface area (Å²) in [6, 6.07) is 16.7. The zero-order chi connectivity index (χ0) is 20.4. The van der Waals surface area contributed by atoms with Gasteiger partial charge in [0.1, 0.15) is 9.46 Å². The van der Waals surface area contributed by atoms with Crippen LogP contribution in [0.1, 0.15) is 21.9 Å². The zero-order valence-corrected chi connectivity index (χ0v) is 17.9. The monoisotopic (exact) mass is 435 g/mol. The highest BCUT2D eigenvalue weighted by Gasteiger charge is 2.31. The van der Waals surface area contributed by atoms with Crippen molar-refractivity contribution >= 4 is 31.2 Å². The molecule has 148 valence electrons. The van der Waals surface area contributed by atoms with Crippen molar-refractivity contribution in [1.29, 1.82) is 0 Å². The summed E-state index contributed by atoms with van der Waals surface area (Å²) in [6.45, 7) is 3.49. The maximum atomic E-state index is 13.1. The molecule has 0 radical (unpaired) electrons. The average molecular weight is 436 g/mol. The number of rotatable bonds is 7. The molecule has 0 amide bonds. The van der Waals surface area contributed by atoms with Crippen molar-refractivity contribution in [3.63, 3.8) is 0 Å². The smallest absolute Gasteiger partial charge is 0.222 e. The van der Waals surface area contributed by atoms with E-state index in [2.05, 4.69) is 4.72 Å². The van der Waals surface area contributed by atoms with Crippen LogP contribution in [-0.4, -0.2) is 23.4 Å². The van der Waals surface area contributed by atoms with Crippen molar-refractivity contribution in [2.45, 2.75) is 28.2 Å². The lowest BCUT2D eigenvalue weighted by atomic mass is 10.1. The third kappa shape index (κ3) is 4.35. The third-order valence-corrected chi connectivity index (χ3v) is 9.52. The predicted molar refractivity (Wildman–Crippen MR) is 112 cm³/mol. The molecule has 1 N–H and O–H groups in total. The van der Waals surface area contributed by atoms with Crippen LogP contribution >= 0.6 is 11.3 Å². The van der Waals surface area contributed by atoms with Crippen molar-refractivity contribution in [1.82, 2.24) is 4.72 Å². The lowest BCUT2D eigenvalue weighted by molar-refractivity contribution is 0.569. The highest BCUT2D eigenvalue weighted by atomic mass is 32.2. The molecule has 1 aromatic heterocycles.